The zero-order chi connectivity index (χ0) is 15.1. The molecule has 2 amide bonds. The Morgan fingerprint density at radius 2 is 2.15 bits per heavy atom. The van der Waals surface area contributed by atoms with Crippen LogP contribution in [0.1, 0.15) is 24.2 Å². The van der Waals surface area contributed by atoms with Gasteiger partial charge in [-0.15, -0.1) is 0 Å². The van der Waals surface area contributed by atoms with E-state index < -0.39 is 12.0 Å². The van der Waals surface area contributed by atoms with Crippen molar-refractivity contribution in [2.45, 2.75) is 19.9 Å². The van der Waals surface area contributed by atoms with Gasteiger partial charge in [-0.05, 0) is 30.9 Å². The fraction of sp³-hybridized carbons (Fsp3) is 0.385. The smallest absolute Gasteiger partial charge is 0.337 e. The van der Waals surface area contributed by atoms with E-state index in [0.717, 1.165) is 11.5 Å². The van der Waals surface area contributed by atoms with Gasteiger partial charge in [-0.2, -0.15) is 11.8 Å². The molecule has 0 heterocycles. The highest BCUT2D eigenvalue weighted by molar-refractivity contribution is 7.99. The van der Waals surface area contributed by atoms with E-state index in [1.54, 1.807) is 11.8 Å². The van der Waals surface area contributed by atoms with Crippen molar-refractivity contribution in [2.24, 2.45) is 0 Å². The van der Waals surface area contributed by atoms with Crippen LogP contribution in [-0.2, 0) is 0 Å². The van der Waals surface area contributed by atoms with Gasteiger partial charge in [0, 0.05) is 16.8 Å². The first-order valence-electron chi connectivity index (χ1n) is 6.12. The maximum absolute atomic E-state index is 11.8. The van der Waals surface area contributed by atoms with Crippen molar-refractivity contribution >= 4 is 41.1 Å². The molecule has 0 aromatic heterocycles. The zero-order valence-electron chi connectivity index (χ0n) is 11.3. The highest BCUT2D eigenvalue weighted by Gasteiger charge is 2.14. The van der Waals surface area contributed by atoms with Crippen LogP contribution in [0.4, 0.5) is 10.5 Å². The summed E-state index contributed by atoms with van der Waals surface area (Å²) >= 11 is 7.53. The third-order valence-electron chi connectivity index (χ3n) is 2.41. The number of hydrogen-bond donors (Lipinski definition) is 3. The Morgan fingerprint density at radius 1 is 1.45 bits per heavy atom. The summed E-state index contributed by atoms with van der Waals surface area (Å²) in [5.74, 6) is 0.655. The van der Waals surface area contributed by atoms with E-state index >= 15 is 0 Å². The number of nitrogens with one attached hydrogen (secondary N) is 2. The number of carboxylic acids is 1. The van der Waals surface area contributed by atoms with Crippen molar-refractivity contribution in [3.8, 4) is 0 Å². The van der Waals surface area contributed by atoms with Gasteiger partial charge in [-0.1, -0.05) is 18.5 Å². The number of halogens is 1. The normalized spacial score (nSPS) is 11.8. The molecule has 0 aliphatic rings. The maximum Gasteiger partial charge on any atom is 0.337 e. The number of rotatable bonds is 6. The van der Waals surface area contributed by atoms with Crippen LogP contribution >= 0.6 is 23.4 Å². The largest absolute Gasteiger partial charge is 0.478 e. The van der Waals surface area contributed by atoms with Gasteiger partial charge in [0.1, 0.15) is 0 Å². The average Bonchev–Trinajstić information content (AvgIpc) is 2.35. The molecule has 0 aliphatic heterocycles. The fourth-order valence-corrected chi connectivity index (χ4v) is 2.37. The number of thioether (sulfide) groups is 1. The molecule has 1 rings (SSSR count). The Bertz CT molecular complexity index is 497. The van der Waals surface area contributed by atoms with E-state index in [1.165, 1.54) is 18.2 Å². The molecular weight excluding hydrogens is 300 g/mol. The lowest BCUT2D eigenvalue weighted by molar-refractivity contribution is 0.0698. The van der Waals surface area contributed by atoms with Gasteiger partial charge < -0.3 is 15.7 Å². The number of carboxylic acid groups (broad SMARTS) is 1. The summed E-state index contributed by atoms with van der Waals surface area (Å²) in [6, 6.07) is 3.78. The molecule has 7 heteroatoms. The number of anilines is 1. The van der Waals surface area contributed by atoms with Crippen molar-refractivity contribution < 1.29 is 14.7 Å². The third kappa shape index (κ3) is 5.30. The average molecular weight is 317 g/mol. The van der Waals surface area contributed by atoms with Crippen molar-refractivity contribution in [1.82, 2.24) is 5.32 Å². The molecule has 3 N–H and O–H groups in total. The lowest BCUT2D eigenvalue weighted by Gasteiger charge is -2.15. The van der Waals surface area contributed by atoms with E-state index in [9.17, 15) is 9.59 Å². The summed E-state index contributed by atoms with van der Waals surface area (Å²) in [5.41, 5.74) is 0.179. The molecule has 0 spiro atoms. The van der Waals surface area contributed by atoms with E-state index in [4.69, 9.17) is 16.7 Å². The summed E-state index contributed by atoms with van der Waals surface area (Å²) in [7, 11) is 0. The number of urea groups is 1. The topological polar surface area (TPSA) is 78.4 Å². The molecule has 5 nitrogen and oxygen atoms in total. The molecule has 0 bridgehead atoms. The van der Waals surface area contributed by atoms with E-state index in [-0.39, 0.29) is 17.3 Å². The quantitative estimate of drug-likeness (QED) is 0.752. The summed E-state index contributed by atoms with van der Waals surface area (Å²) in [6.07, 6.45) is 0. The predicted octanol–water partition coefficient (Wildman–Crippen LogP) is 3.30. The Labute approximate surface area is 127 Å². The molecule has 0 saturated heterocycles. The SMILES string of the molecule is CCSCC(C)NC(=O)Nc1cc(Cl)ccc1C(=O)O. The molecule has 20 heavy (non-hydrogen) atoms. The Balaban J connectivity index is 2.70. The molecule has 0 fully saturated rings. The lowest BCUT2D eigenvalue weighted by atomic mass is 10.2. The van der Waals surface area contributed by atoms with Crippen molar-refractivity contribution in [2.75, 3.05) is 16.8 Å². The summed E-state index contributed by atoms with van der Waals surface area (Å²) < 4.78 is 0. The minimum absolute atomic E-state index is 0.000126. The molecule has 1 atom stereocenters. The fourth-order valence-electron chi connectivity index (χ4n) is 1.52. The van der Waals surface area contributed by atoms with Crippen LogP contribution in [0.25, 0.3) is 0 Å². The Morgan fingerprint density at radius 3 is 2.75 bits per heavy atom. The summed E-state index contributed by atoms with van der Waals surface area (Å²) in [4.78, 5) is 22.9. The molecule has 1 aromatic carbocycles. The number of aromatic carboxylic acids is 1. The summed E-state index contributed by atoms with van der Waals surface area (Å²) in [5, 5.41) is 14.7. The second-order valence-electron chi connectivity index (χ2n) is 4.15. The molecule has 0 radical (unpaired) electrons. The van der Waals surface area contributed by atoms with Gasteiger partial charge in [0.25, 0.3) is 0 Å². The maximum atomic E-state index is 11.8. The number of amides is 2. The van der Waals surface area contributed by atoms with Gasteiger partial charge in [-0.25, -0.2) is 9.59 Å². The van der Waals surface area contributed by atoms with E-state index in [1.807, 2.05) is 13.8 Å². The number of carbonyl (C=O) groups is 2. The molecule has 0 saturated carbocycles. The third-order valence-corrected chi connectivity index (χ3v) is 3.79. The molecule has 110 valence electrons. The van der Waals surface area contributed by atoms with Crippen LogP contribution in [0.2, 0.25) is 5.02 Å². The highest BCUT2D eigenvalue weighted by atomic mass is 35.5. The Kier molecular flexibility index (Phi) is 6.67. The van der Waals surface area contributed by atoms with E-state index in [0.29, 0.717) is 5.02 Å². The molecule has 0 aliphatic carbocycles. The van der Waals surface area contributed by atoms with Crippen LogP contribution in [-0.4, -0.2) is 34.7 Å². The number of carbonyl (C=O) groups excluding carboxylic acids is 1. The monoisotopic (exact) mass is 316 g/mol. The first-order valence-corrected chi connectivity index (χ1v) is 7.65. The number of benzene rings is 1. The minimum atomic E-state index is -1.12. The van der Waals surface area contributed by atoms with Crippen LogP contribution in [0.5, 0.6) is 0 Å². The standard InChI is InChI=1S/C13H17ClN2O3S/c1-3-20-7-8(2)15-13(19)16-11-6-9(14)4-5-10(11)12(17)18/h4-6,8H,3,7H2,1-2H3,(H,17,18)(H2,15,16,19). The van der Waals surface area contributed by atoms with Crippen LogP contribution in [0, 0.1) is 0 Å². The molecule has 1 aromatic rings. The minimum Gasteiger partial charge on any atom is -0.478 e. The van der Waals surface area contributed by atoms with Gasteiger partial charge in [0.05, 0.1) is 11.3 Å². The molecular formula is C13H17ClN2O3S. The van der Waals surface area contributed by atoms with Crippen LogP contribution in [0.3, 0.4) is 0 Å². The molecule has 1 unspecified atom stereocenters. The van der Waals surface area contributed by atoms with Crippen molar-refractivity contribution in [1.29, 1.82) is 0 Å². The van der Waals surface area contributed by atoms with Gasteiger partial charge in [0.2, 0.25) is 0 Å². The second kappa shape index (κ2) is 8.01. The lowest BCUT2D eigenvalue weighted by Crippen LogP contribution is -2.37. The van der Waals surface area contributed by atoms with E-state index in [2.05, 4.69) is 10.6 Å². The van der Waals surface area contributed by atoms with Gasteiger partial charge in [-0.3, -0.25) is 0 Å². The zero-order valence-corrected chi connectivity index (χ0v) is 12.8. The van der Waals surface area contributed by atoms with Crippen molar-refractivity contribution in [3.63, 3.8) is 0 Å². The van der Waals surface area contributed by atoms with Gasteiger partial charge in [0.15, 0.2) is 0 Å². The van der Waals surface area contributed by atoms with Crippen molar-refractivity contribution in [3.05, 3.63) is 28.8 Å². The second-order valence-corrected chi connectivity index (χ2v) is 5.91. The van der Waals surface area contributed by atoms with Gasteiger partial charge >= 0.3 is 12.0 Å². The number of hydrogen-bond acceptors (Lipinski definition) is 3. The van der Waals surface area contributed by atoms with Crippen LogP contribution in [0.15, 0.2) is 18.2 Å². The first-order chi connectivity index (χ1) is 9.43. The first kappa shape index (κ1) is 16.7. The Hall–Kier alpha value is -1.40. The van der Waals surface area contributed by atoms with Crippen LogP contribution < -0.4 is 10.6 Å². The highest BCUT2D eigenvalue weighted by Crippen LogP contribution is 2.21. The predicted molar refractivity (Wildman–Crippen MR) is 83.0 cm³/mol. The summed E-state index contributed by atoms with van der Waals surface area (Å²) in [6.45, 7) is 3.93.